The lowest BCUT2D eigenvalue weighted by Crippen LogP contribution is -2.04. The zero-order chi connectivity index (χ0) is 24.6. The minimum absolute atomic E-state index is 0.426. The fourth-order valence-corrected chi connectivity index (χ4v) is 2.14. The summed E-state index contributed by atoms with van der Waals surface area (Å²) in [7, 11) is 0. The molecule has 3 fully saturated rings. The summed E-state index contributed by atoms with van der Waals surface area (Å²) in [6.45, 7) is 32.2. The first-order chi connectivity index (χ1) is 14.3. The lowest BCUT2D eigenvalue weighted by atomic mass is 10.1. The van der Waals surface area contributed by atoms with Crippen LogP contribution in [0, 0.1) is 41.4 Å². The molecule has 0 N–H and O–H groups in total. The SMILES string of the molecule is C=C(C)C(C)C.C=CC(C)C.CC(C)C1CC1.CC(C)C1CC1.CC(C)OCC1CC1. The highest BCUT2D eigenvalue weighted by molar-refractivity contribution is 4.90. The Morgan fingerprint density at radius 3 is 1.19 bits per heavy atom. The maximum Gasteiger partial charge on any atom is 0.0519 e. The zero-order valence-electron chi connectivity index (χ0n) is 23.5. The van der Waals surface area contributed by atoms with Crippen molar-refractivity contribution in [1.82, 2.24) is 0 Å². The van der Waals surface area contributed by atoms with Crippen LogP contribution in [0.3, 0.4) is 0 Å². The van der Waals surface area contributed by atoms with E-state index in [1.165, 1.54) is 44.1 Å². The van der Waals surface area contributed by atoms with Crippen LogP contribution in [0.5, 0.6) is 0 Å². The van der Waals surface area contributed by atoms with Crippen molar-refractivity contribution >= 4 is 0 Å². The number of rotatable bonds is 7. The molecule has 1 heteroatoms. The van der Waals surface area contributed by atoms with Gasteiger partial charge in [0.1, 0.15) is 0 Å². The van der Waals surface area contributed by atoms with Crippen LogP contribution < -0.4 is 0 Å². The number of hydrogen-bond donors (Lipinski definition) is 0. The van der Waals surface area contributed by atoms with E-state index in [4.69, 9.17) is 4.74 Å². The summed E-state index contributed by atoms with van der Waals surface area (Å²) in [5.74, 6) is 6.35. The average Bonchev–Trinajstić information content (AvgIpc) is 3.50. The molecular weight excluding hydrogens is 376 g/mol. The van der Waals surface area contributed by atoms with Crippen LogP contribution in [-0.2, 0) is 4.74 Å². The Morgan fingerprint density at radius 2 is 1.10 bits per heavy atom. The van der Waals surface area contributed by atoms with E-state index in [2.05, 4.69) is 82.4 Å². The monoisotopic (exact) mass is 436 g/mol. The Kier molecular flexibility index (Phi) is 19.9. The zero-order valence-corrected chi connectivity index (χ0v) is 23.5. The van der Waals surface area contributed by atoms with Gasteiger partial charge in [0, 0.05) is 6.61 Å². The van der Waals surface area contributed by atoms with E-state index in [1.807, 2.05) is 13.0 Å². The predicted molar refractivity (Wildman–Crippen MR) is 144 cm³/mol. The fourth-order valence-electron chi connectivity index (χ4n) is 2.14. The normalized spacial score (nSPS) is 17.0. The van der Waals surface area contributed by atoms with Crippen molar-refractivity contribution in [2.75, 3.05) is 6.61 Å². The second-order valence-corrected chi connectivity index (χ2v) is 11.5. The van der Waals surface area contributed by atoms with Crippen LogP contribution >= 0.6 is 0 Å². The molecule has 3 saturated carbocycles. The van der Waals surface area contributed by atoms with Crippen LogP contribution in [0.1, 0.15) is 115 Å². The largest absolute Gasteiger partial charge is 0.379 e. The summed E-state index contributed by atoms with van der Waals surface area (Å²) in [6, 6.07) is 0. The number of allylic oxidation sites excluding steroid dienone is 2. The van der Waals surface area contributed by atoms with Crippen molar-refractivity contribution in [3.8, 4) is 0 Å². The van der Waals surface area contributed by atoms with Gasteiger partial charge in [-0.15, -0.1) is 6.58 Å². The summed E-state index contributed by atoms with van der Waals surface area (Å²) in [5, 5.41) is 0. The second kappa shape index (κ2) is 19.0. The molecule has 0 radical (unpaired) electrons. The van der Waals surface area contributed by atoms with Crippen LogP contribution in [0.4, 0.5) is 0 Å². The molecule has 0 amide bonds. The summed E-state index contributed by atoms with van der Waals surface area (Å²) in [5.41, 5.74) is 1.26. The summed E-state index contributed by atoms with van der Waals surface area (Å²) >= 11 is 0. The molecule has 3 aliphatic rings. The lowest BCUT2D eigenvalue weighted by Gasteiger charge is -2.04. The van der Waals surface area contributed by atoms with Crippen LogP contribution in [0.2, 0.25) is 0 Å². The maximum absolute atomic E-state index is 5.37. The molecule has 3 rings (SSSR count). The molecule has 0 heterocycles. The number of hydrogen-bond acceptors (Lipinski definition) is 1. The van der Waals surface area contributed by atoms with Gasteiger partial charge in [-0.3, -0.25) is 0 Å². The Hall–Kier alpha value is -0.560. The highest BCUT2D eigenvalue weighted by atomic mass is 16.5. The van der Waals surface area contributed by atoms with Crippen molar-refractivity contribution in [1.29, 1.82) is 0 Å². The van der Waals surface area contributed by atoms with Crippen molar-refractivity contribution in [3.05, 3.63) is 24.8 Å². The van der Waals surface area contributed by atoms with Crippen molar-refractivity contribution in [3.63, 3.8) is 0 Å². The topological polar surface area (TPSA) is 9.23 Å². The van der Waals surface area contributed by atoms with E-state index < -0.39 is 0 Å². The van der Waals surface area contributed by atoms with Gasteiger partial charge in [-0.2, -0.15) is 0 Å². The first-order valence-electron chi connectivity index (χ1n) is 13.2. The van der Waals surface area contributed by atoms with Crippen LogP contribution in [-0.4, -0.2) is 12.7 Å². The molecular formula is C30H60O. The summed E-state index contributed by atoms with van der Waals surface area (Å²) in [4.78, 5) is 0. The molecule has 0 aromatic carbocycles. The lowest BCUT2D eigenvalue weighted by molar-refractivity contribution is 0.0707. The smallest absolute Gasteiger partial charge is 0.0519 e. The molecule has 3 aliphatic carbocycles. The van der Waals surface area contributed by atoms with Gasteiger partial charge in [-0.1, -0.05) is 73.6 Å². The first kappa shape index (κ1) is 32.6. The molecule has 0 aromatic rings. The Labute approximate surface area is 198 Å². The minimum atomic E-state index is 0.426. The van der Waals surface area contributed by atoms with Gasteiger partial charge in [0.25, 0.3) is 0 Å². The van der Waals surface area contributed by atoms with Gasteiger partial charge in [-0.05, 0) is 101 Å². The Morgan fingerprint density at radius 1 is 0.774 bits per heavy atom. The quantitative estimate of drug-likeness (QED) is 0.361. The molecule has 186 valence electrons. The van der Waals surface area contributed by atoms with Gasteiger partial charge in [0.05, 0.1) is 6.10 Å². The van der Waals surface area contributed by atoms with Crippen molar-refractivity contribution in [2.45, 2.75) is 121 Å². The molecule has 1 nitrogen and oxygen atoms in total. The molecule has 0 unspecified atom stereocenters. The fraction of sp³-hybridized carbons (Fsp3) is 0.867. The Balaban J connectivity index is 0. The van der Waals surface area contributed by atoms with E-state index in [1.54, 1.807) is 0 Å². The van der Waals surface area contributed by atoms with E-state index >= 15 is 0 Å². The molecule has 0 atom stereocenters. The third-order valence-electron chi connectivity index (χ3n) is 5.95. The highest BCUT2D eigenvalue weighted by Gasteiger charge is 2.24. The Bertz CT molecular complexity index is 400. The number of ether oxygens (including phenoxy) is 1. The van der Waals surface area contributed by atoms with E-state index in [0.717, 1.165) is 36.2 Å². The molecule has 0 bridgehead atoms. The standard InChI is InChI=1S/C7H14O.3C6H12.C5H10/c1-6(2)8-5-7-3-4-7;2*1-5(2)6-3-4-6;1-5(2)6(3)4;1-4-5(2)3/h6-7H,3-5H2,1-2H3;2*5-6H,3-4H2,1-2H3;6H,1H2,2-4H3;4-5H,1H2,2-3H3. The third kappa shape index (κ3) is 29.4. The second-order valence-electron chi connectivity index (χ2n) is 11.5. The third-order valence-corrected chi connectivity index (χ3v) is 5.95. The van der Waals surface area contributed by atoms with Crippen LogP contribution in [0.15, 0.2) is 24.8 Å². The van der Waals surface area contributed by atoms with E-state index in [9.17, 15) is 0 Å². The predicted octanol–water partition coefficient (Wildman–Crippen LogP) is 9.97. The molecule has 31 heavy (non-hydrogen) atoms. The van der Waals surface area contributed by atoms with Crippen molar-refractivity contribution < 1.29 is 4.74 Å². The van der Waals surface area contributed by atoms with Crippen molar-refractivity contribution in [2.24, 2.45) is 41.4 Å². The van der Waals surface area contributed by atoms with Gasteiger partial charge in [0.2, 0.25) is 0 Å². The molecule has 0 saturated heterocycles. The van der Waals surface area contributed by atoms with Crippen LogP contribution in [0.25, 0.3) is 0 Å². The van der Waals surface area contributed by atoms with E-state index in [-0.39, 0.29) is 0 Å². The van der Waals surface area contributed by atoms with E-state index in [0.29, 0.717) is 17.9 Å². The molecule has 0 spiro atoms. The average molecular weight is 437 g/mol. The summed E-state index contributed by atoms with van der Waals surface area (Å²) in [6.07, 6.45) is 11.1. The van der Waals surface area contributed by atoms with Gasteiger partial charge >= 0.3 is 0 Å². The highest BCUT2D eigenvalue weighted by Crippen LogP contribution is 2.36. The van der Waals surface area contributed by atoms with Gasteiger partial charge in [-0.25, -0.2) is 0 Å². The maximum atomic E-state index is 5.37. The van der Waals surface area contributed by atoms with Gasteiger partial charge < -0.3 is 4.74 Å². The summed E-state index contributed by atoms with van der Waals surface area (Å²) < 4.78 is 5.37. The molecule has 0 aromatic heterocycles. The first-order valence-corrected chi connectivity index (χ1v) is 13.2. The van der Waals surface area contributed by atoms with Gasteiger partial charge in [0.15, 0.2) is 0 Å². The minimum Gasteiger partial charge on any atom is -0.379 e. The molecule has 0 aliphatic heterocycles.